The zero-order chi connectivity index (χ0) is 22.5. The first-order valence-corrected chi connectivity index (χ1v) is 10.9. The van der Waals surface area contributed by atoms with Crippen molar-refractivity contribution in [2.45, 2.75) is 18.6 Å². The fourth-order valence-corrected chi connectivity index (χ4v) is 4.19. The number of rotatable bonds is 6. The van der Waals surface area contributed by atoms with Gasteiger partial charge in [0.2, 0.25) is 11.8 Å². The van der Waals surface area contributed by atoms with Gasteiger partial charge in [0, 0.05) is 23.6 Å². The third-order valence-electron chi connectivity index (χ3n) is 4.81. The minimum atomic E-state index is -0.644. The van der Waals surface area contributed by atoms with E-state index in [4.69, 9.17) is 10.5 Å². The predicted octanol–water partition coefficient (Wildman–Crippen LogP) is 3.35. The van der Waals surface area contributed by atoms with E-state index in [1.165, 1.54) is 4.90 Å². The molecule has 2 aromatic carbocycles. The summed E-state index contributed by atoms with van der Waals surface area (Å²) in [5.74, 6) is 0.0696. The molecule has 4 rings (SSSR count). The number of nitrogens with zero attached hydrogens (tertiary/aromatic N) is 4. The first-order chi connectivity index (χ1) is 15.6. The highest BCUT2D eigenvalue weighted by Gasteiger charge is 2.40. The standard InChI is InChI=1S/C23H21N5O3S/c1-2-31-17-9-7-16(8-10-17)28-21(29)13-20(22(28)30)32-23(24)27-26-14-15-11-12-25-19-6-4-3-5-18(15)19/h3-12,14,20H,2,13H2,1H3,(H2,24,27)/b26-14-/t20-/m1/s1. The Labute approximate surface area is 189 Å². The number of aromatic nitrogens is 1. The zero-order valence-corrected chi connectivity index (χ0v) is 18.2. The summed E-state index contributed by atoms with van der Waals surface area (Å²) in [4.78, 5) is 30.7. The molecule has 9 heteroatoms. The van der Waals surface area contributed by atoms with Crippen LogP contribution in [-0.4, -0.2) is 40.0 Å². The van der Waals surface area contributed by atoms with E-state index in [0.717, 1.165) is 28.2 Å². The molecule has 32 heavy (non-hydrogen) atoms. The van der Waals surface area contributed by atoms with Crippen molar-refractivity contribution in [3.63, 3.8) is 0 Å². The maximum atomic E-state index is 12.8. The molecule has 2 N–H and O–H groups in total. The van der Waals surface area contributed by atoms with Crippen LogP contribution in [-0.2, 0) is 9.59 Å². The van der Waals surface area contributed by atoms with Gasteiger partial charge >= 0.3 is 0 Å². The number of imide groups is 1. The number of fused-ring (bicyclic) bond motifs is 1. The SMILES string of the molecule is CCOc1ccc(N2C(=O)C[C@@H](SC(N)=N/N=C\c3ccnc4ccccc34)C2=O)cc1. The van der Waals surface area contributed by atoms with Crippen molar-refractivity contribution in [3.05, 3.63) is 66.4 Å². The van der Waals surface area contributed by atoms with Gasteiger partial charge in [-0.2, -0.15) is 5.10 Å². The molecule has 2 amide bonds. The van der Waals surface area contributed by atoms with E-state index >= 15 is 0 Å². The summed E-state index contributed by atoms with van der Waals surface area (Å²) in [6, 6.07) is 16.4. The van der Waals surface area contributed by atoms with Gasteiger partial charge in [-0.15, -0.1) is 5.10 Å². The van der Waals surface area contributed by atoms with E-state index in [0.29, 0.717) is 18.0 Å². The first-order valence-electron chi connectivity index (χ1n) is 10.0. The highest BCUT2D eigenvalue weighted by Crippen LogP contribution is 2.30. The largest absolute Gasteiger partial charge is 0.494 e. The van der Waals surface area contributed by atoms with Gasteiger partial charge in [0.1, 0.15) is 11.0 Å². The fraction of sp³-hybridized carbons (Fsp3) is 0.174. The van der Waals surface area contributed by atoms with Crippen LogP contribution in [0.5, 0.6) is 5.75 Å². The minimum absolute atomic E-state index is 0.0473. The molecule has 0 aliphatic carbocycles. The predicted molar refractivity (Wildman–Crippen MR) is 127 cm³/mol. The molecule has 1 aromatic heterocycles. The smallest absolute Gasteiger partial charge is 0.247 e. The summed E-state index contributed by atoms with van der Waals surface area (Å²) in [6.45, 7) is 2.43. The molecule has 0 bridgehead atoms. The average molecular weight is 448 g/mol. The Balaban J connectivity index is 1.43. The highest BCUT2D eigenvalue weighted by atomic mass is 32.2. The quantitative estimate of drug-likeness (QED) is 0.269. The number of hydrogen-bond donors (Lipinski definition) is 1. The zero-order valence-electron chi connectivity index (χ0n) is 17.3. The molecule has 1 saturated heterocycles. The molecule has 2 heterocycles. The van der Waals surface area contributed by atoms with Crippen LogP contribution in [0, 0.1) is 0 Å². The van der Waals surface area contributed by atoms with Gasteiger partial charge in [-0.3, -0.25) is 14.6 Å². The molecule has 0 spiro atoms. The number of nitrogens with two attached hydrogens (primary N) is 1. The third kappa shape index (κ3) is 4.62. The number of para-hydroxylation sites is 1. The van der Waals surface area contributed by atoms with Crippen molar-refractivity contribution < 1.29 is 14.3 Å². The molecule has 1 aliphatic heterocycles. The monoisotopic (exact) mass is 447 g/mol. The lowest BCUT2D eigenvalue weighted by Gasteiger charge is -2.15. The number of amides is 2. The summed E-state index contributed by atoms with van der Waals surface area (Å²) in [6.07, 6.45) is 3.33. The van der Waals surface area contributed by atoms with Crippen molar-refractivity contribution in [2.24, 2.45) is 15.9 Å². The Hall–Kier alpha value is -3.72. The van der Waals surface area contributed by atoms with Crippen LogP contribution in [0.25, 0.3) is 10.9 Å². The number of carbonyl (C=O) groups is 2. The van der Waals surface area contributed by atoms with Gasteiger partial charge in [0.05, 0.1) is 24.0 Å². The normalized spacial score (nSPS) is 17.0. The first kappa shape index (κ1) is 21.5. The lowest BCUT2D eigenvalue weighted by molar-refractivity contribution is -0.121. The second-order valence-corrected chi connectivity index (χ2v) is 8.13. The van der Waals surface area contributed by atoms with Crippen molar-refractivity contribution in [3.8, 4) is 5.75 Å². The lowest BCUT2D eigenvalue weighted by Crippen LogP contribution is -2.31. The molecule has 1 aliphatic rings. The van der Waals surface area contributed by atoms with E-state index < -0.39 is 5.25 Å². The van der Waals surface area contributed by atoms with Crippen LogP contribution in [0.2, 0.25) is 0 Å². The summed E-state index contributed by atoms with van der Waals surface area (Å²) < 4.78 is 5.40. The molecule has 0 saturated carbocycles. The van der Waals surface area contributed by atoms with E-state index in [1.54, 1.807) is 36.7 Å². The number of pyridine rings is 1. The summed E-state index contributed by atoms with van der Waals surface area (Å²) in [7, 11) is 0. The molecular weight excluding hydrogens is 426 g/mol. The van der Waals surface area contributed by atoms with Gasteiger partial charge < -0.3 is 10.5 Å². The number of amidine groups is 1. The fourth-order valence-electron chi connectivity index (χ4n) is 3.37. The van der Waals surface area contributed by atoms with Crippen molar-refractivity contribution >= 4 is 51.5 Å². The Morgan fingerprint density at radius 2 is 2.00 bits per heavy atom. The van der Waals surface area contributed by atoms with Crippen LogP contribution in [0.15, 0.2) is 71.0 Å². The summed E-state index contributed by atoms with van der Waals surface area (Å²) in [5, 5.41) is 8.45. The van der Waals surface area contributed by atoms with Gasteiger partial charge in [-0.1, -0.05) is 30.0 Å². The Bertz CT molecular complexity index is 1200. The molecule has 0 unspecified atom stereocenters. The molecular formula is C23H21N5O3S. The van der Waals surface area contributed by atoms with Crippen molar-refractivity contribution in [1.82, 2.24) is 4.98 Å². The number of anilines is 1. The van der Waals surface area contributed by atoms with E-state index in [-0.39, 0.29) is 23.4 Å². The summed E-state index contributed by atoms with van der Waals surface area (Å²) in [5.41, 5.74) is 8.17. The lowest BCUT2D eigenvalue weighted by atomic mass is 10.1. The van der Waals surface area contributed by atoms with Crippen LogP contribution in [0.4, 0.5) is 5.69 Å². The number of carbonyl (C=O) groups excluding carboxylic acids is 2. The minimum Gasteiger partial charge on any atom is -0.494 e. The van der Waals surface area contributed by atoms with E-state index in [9.17, 15) is 9.59 Å². The number of benzene rings is 2. The number of hydrogen-bond acceptors (Lipinski definition) is 7. The van der Waals surface area contributed by atoms with Gasteiger partial charge in [0.15, 0.2) is 5.17 Å². The van der Waals surface area contributed by atoms with Gasteiger partial charge in [-0.25, -0.2) is 4.90 Å². The second kappa shape index (κ2) is 9.61. The van der Waals surface area contributed by atoms with Crippen LogP contribution >= 0.6 is 11.8 Å². The molecule has 1 fully saturated rings. The molecule has 1 atom stereocenters. The van der Waals surface area contributed by atoms with E-state index in [1.807, 2.05) is 37.3 Å². The topological polar surface area (TPSA) is 110 Å². The third-order valence-corrected chi connectivity index (χ3v) is 5.79. The summed E-state index contributed by atoms with van der Waals surface area (Å²) >= 11 is 1.03. The van der Waals surface area contributed by atoms with Crippen molar-refractivity contribution in [1.29, 1.82) is 0 Å². The number of ether oxygens (including phenoxy) is 1. The Morgan fingerprint density at radius 3 is 2.78 bits per heavy atom. The Morgan fingerprint density at radius 1 is 1.22 bits per heavy atom. The van der Waals surface area contributed by atoms with Gasteiger partial charge in [-0.05, 0) is 43.3 Å². The van der Waals surface area contributed by atoms with Crippen molar-refractivity contribution in [2.75, 3.05) is 11.5 Å². The van der Waals surface area contributed by atoms with Crippen LogP contribution in [0.3, 0.4) is 0 Å². The number of thioether (sulfide) groups is 1. The molecule has 162 valence electrons. The highest BCUT2D eigenvalue weighted by molar-refractivity contribution is 8.14. The maximum absolute atomic E-state index is 12.8. The average Bonchev–Trinajstić information content (AvgIpc) is 3.07. The molecule has 3 aromatic rings. The molecule has 8 nitrogen and oxygen atoms in total. The van der Waals surface area contributed by atoms with Crippen LogP contribution in [0.1, 0.15) is 18.9 Å². The molecule has 0 radical (unpaired) electrons. The van der Waals surface area contributed by atoms with Crippen LogP contribution < -0.4 is 15.4 Å². The van der Waals surface area contributed by atoms with E-state index in [2.05, 4.69) is 15.2 Å². The van der Waals surface area contributed by atoms with Gasteiger partial charge in [0.25, 0.3) is 0 Å². The Kier molecular flexibility index (Phi) is 6.46. The second-order valence-electron chi connectivity index (χ2n) is 6.91. The maximum Gasteiger partial charge on any atom is 0.247 e.